The average Bonchev–Trinajstić information content (AvgIpc) is 2.39. The van der Waals surface area contributed by atoms with E-state index in [-0.39, 0.29) is 0 Å². The zero-order chi connectivity index (χ0) is 13.8. The first-order valence-electron chi connectivity index (χ1n) is 5.79. The fraction of sp³-hybridized carbons (Fsp3) is 0.133. The third-order valence-corrected chi connectivity index (χ3v) is 3.52. The SMILES string of the molecule is Cc1ccccc1NC(C#N)c1c(Cl)cccc1Cl. The summed E-state index contributed by atoms with van der Waals surface area (Å²) in [6, 6.07) is 14.6. The van der Waals surface area contributed by atoms with Gasteiger partial charge in [0.1, 0.15) is 6.04 Å². The summed E-state index contributed by atoms with van der Waals surface area (Å²) in [5, 5.41) is 13.5. The highest BCUT2D eigenvalue weighted by atomic mass is 35.5. The molecule has 0 aliphatic rings. The Morgan fingerprint density at radius 1 is 1.05 bits per heavy atom. The largest absolute Gasteiger partial charge is 0.366 e. The molecular formula is C15H12Cl2N2. The first kappa shape index (κ1) is 13.7. The number of halogens is 2. The smallest absolute Gasteiger partial charge is 0.143 e. The zero-order valence-corrected chi connectivity index (χ0v) is 11.8. The normalized spacial score (nSPS) is 11.7. The van der Waals surface area contributed by atoms with Crippen LogP contribution in [-0.2, 0) is 0 Å². The van der Waals surface area contributed by atoms with Crippen LogP contribution < -0.4 is 5.32 Å². The van der Waals surface area contributed by atoms with Gasteiger partial charge in [0.15, 0.2) is 0 Å². The lowest BCUT2D eigenvalue weighted by Crippen LogP contribution is -2.10. The van der Waals surface area contributed by atoms with Gasteiger partial charge < -0.3 is 5.32 Å². The summed E-state index contributed by atoms with van der Waals surface area (Å²) in [7, 11) is 0. The number of benzene rings is 2. The van der Waals surface area contributed by atoms with E-state index < -0.39 is 6.04 Å². The third-order valence-electron chi connectivity index (χ3n) is 2.86. The summed E-state index contributed by atoms with van der Waals surface area (Å²) in [6.07, 6.45) is 0. The van der Waals surface area contributed by atoms with Crippen molar-refractivity contribution < 1.29 is 0 Å². The molecular weight excluding hydrogens is 279 g/mol. The number of rotatable bonds is 3. The Balaban J connectivity index is 2.37. The standard InChI is InChI=1S/C15H12Cl2N2/c1-10-5-2-3-8-13(10)19-14(9-18)15-11(16)6-4-7-12(15)17/h2-8,14,19H,1H3. The van der Waals surface area contributed by atoms with Gasteiger partial charge in [-0.05, 0) is 30.7 Å². The van der Waals surface area contributed by atoms with Crippen LogP contribution in [0.1, 0.15) is 17.2 Å². The molecule has 0 aromatic heterocycles. The Kier molecular flexibility index (Phi) is 4.31. The molecule has 0 fully saturated rings. The van der Waals surface area contributed by atoms with Gasteiger partial charge in [-0.1, -0.05) is 47.5 Å². The van der Waals surface area contributed by atoms with Gasteiger partial charge in [0.25, 0.3) is 0 Å². The maximum absolute atomic E-state index is 9.35. The fourth-order valence-electron chi connectivity index (χ4n) is 1.85. The Bertz CT molecular complexity index is 612. The predicted octanol–water partition coefficient (Wildman–Crippen LogP) is 4.98. The minimum absolute atomic E-state index is 0.486. The second-order valence-corrected chi connectivity index (χ2v) is 4.97. The summed E-state index contributed by atoms with van der Waals surface area (Å²) in [4.78, 5) is 0. The lowest BCUT2D eigenvalue weighted by atomic mass is 10.1. The molecule has 96 valence electrons. The molecule has 0 radical (unpaired) electrons. The Hall–Kier alpha value is -1.69. The predicted molar refractivity (Wildman–Crippen MR) is 79.6 cm³/mol. The van der Waals surface area contributed by atoms with Crippen molar-refractivity contribution in [3.05, 3.63) is 63.6 Å². The summed E-state index contributed by atoms with van der Waals surface area (Å²) in [5.41, 5.74) is 2.56. The van der Waals surface area contributed by atoms with Gasteiger partial charge in [-0.2, -0.15) is 5.26 Å². The molecule has 0 saturated heterocycles. The van der Waals surface area contributed by atoms with E-state index >= 15 is 0 Å². The van der Waals surface area contributed by atoms with Crippen molar-refractivity contribution in [2.45, 2.75) is 13.0 Å². The van der Waals surface area contributed by atoms with E-state index in [1.807, 2.05) is 31.2 Å². The number of anilines is 1. The average molecular weight is 291 g/mol. The monoisotopic (exact) mass is 290 g/mol. The molecule has 0 aliphatic heterocycles. The van der Waals surface area contributed by atoms with Crippen molar-refractivity contribution in [1.82, 2.24) is 0 Å². The number of nitrogens with zero attached hydrogens (tertiary/aromatic N) is 1. The molecule has 2 aromatic carbocycles. The van der Waals surface area contributed by atoms with E-state index in [9.17, 15) is 5.26 Å². The highest BCUT2D eigenvalue weighted by Gasteiger charge is 2.17. The number of hydrogen-bond donors (Lipinski definition) is 1. The third kappa shape index (κ3) is 3.01. The summed E-state index contributed by atoms with van der Waals surface area (Å²) >= 11 is 12.3. The van der Waals surface area contributed by atoms with Crippen LogP contribution >= 0.6 is 23.2 Å². The van der Waals surface area contributed by atoms with Crippen LogP contribution in [0.4, 0.5) is 5.69 Å². The van der Waals surface area contributed by atoms with Crippen molar-refractivity contribution in [3.63, 3.8) is 0 Å². The molecule has 1 atom stereocenters. The van der Waals surface area contributed by atoms with Gasteiger partial charge in [0.05, 0.1) is 6.07 Å². The van der Waals surface area contributed by atoms with Gasteiger partial charge in [-0.3, -0.25) is 0 Å². The molecule has 1 unspecified atom stereocenters. The van der Waals surface area contributed by atoms with E-state index in [0.29, 0.717) is 15.6 Å². The molecule has 0 aliphatic carbocycles. The molecule has 0 spiro atoms. The van der Waals surface area contributed by atoms with Gasteiger partial charge in [-0.25, -0.2) is 0 Å². The van der Waals surface area contributed by atoms with E-state index in [4.69, 9.17) is 23.2 Å². The van der Waals surface area contributed by atoms with Crippen molar-refractivity contribution in [2.75, 3.05) is 5.32 Å². The maximum atomic E-state index is 9.35. The molecule has 4 heteroatoms. The van der Waals surface area contributed by atoms with Gasteiger partial charge in [-0.15, -0.1) is 0 Å². The molecule has 0 bridgehead atoms. The van der Waals surface area contributed by atoms with Gasteiger partial charge in [0, 0.05) is 21.3 Å². The lowest BCUT2D eigenvalue weighted by Gasteiger charge is -2.17. The molecule has 2 nitrogen and oxygen atoms in total. The number of nitrogens with one attached hydrogen (secondary N) is 1. The maximum Gasteiger partial charge on any atom is 0.143 e. The summed E-state index contributed by atoms with van der Waals surface area (Å²) in [5.74, 6) is 0. The Morgan fingerprint density at radius 2 is 1.68 bits per heavy atom. The van der Waals surface area contributed by atoms with Crippen molar-refractivity contribution in [3.8, 4) is 6.07 Å². The Morgan fingerprint density at radius 3 is 2.26 bits per heavy atom. The number of hydrogen-bond acceptors (Lipinski definition) is 2. The van der Waals surface area contributed by atoms with Crippen molar-refractivity contribution in [2.24, 2.45) is 0 Å². The van der Waals surface area contributed by atoms with Crippen LogP contribution in [0, 0.1) is 18.3 Å². The first-order valence-corrected chi connectivity index (χ1v) is 6.54. The molecule has 19 heavy (non-hydrogen) atoms. The molecule has 2 rings (SSSR count). The molecule has 0 heterocycles. The Labute approximate surface area is 122 Å². The quantitative estimate of drug-likeness (QED) is 0.865. The minimum Gasteiger partial charge on any atom is -0.366 e. The molecule has 1 N–H and O–H groups in total. The fourth-order valence-corrected chi connectivity index (χ4v) is 2.46. The second kappa shape index (κ2) is 5.97. The summed E-state index contributed by atoms with van der Waals surface area (Å²) < 4.78 is 0. The van der Waals surface area contributed by atoms with Crippen LogP contribution in [0.5, 0.6) is 0 Å². The van der Waals surface area contributed by atoms with Crippen LogP contribution in [0.25, 0.3) is 0 Å². The second-order valence-electron chi connectivity index (χ2n) is 4.16. The van der Waals surface area contributed by atoms with E-state index in [2.05, 4.69) is 11.4 Å². The highest BCUT2D eigenvalue weighted by molar-refractivity contribution is 6.36. The zero-order valence-electron chi connectivity index (χ0n) is 10.3. The molecule has 0 saturated carbocycles. The van der Waals surface area contributed by atoms with Crippen LogP contribution in [0.15, 0.2) is 42.5 Å². The highest BCUT2D eigenvalue weighted by Crippen LogP contribution is 2.32. The minimum atomic E-state index is -0.581. The van der Waals surface area contributed by atoms with E-state index in [1.165, 1.54) is 0 Å². The van der Waals surface area contributed by atoms with Gasteiger partial charge in [0.2, 0.25) is 0 Å². The lowest BCUT2D eigenvalue weighted by molar-refractivity contribution is 0.994. The number of aryl methyl sites for hydroxylation is 1. The van der Waals surface area contributed by atoms with E-state index in [1.54, 1.807) is 18.2 Å². The number of nitriles is 1. The molecule has 2 aromatic rings. The first-order chi connectivity index (χ1) is 9.13. The summed E-state index contributed by atoms with van der Waals surface area (Å²) in [6.45, 7) is 1.98. The van der Waals surface area contributed by atoms with Crippen LogP contribution in [-0.4, -0.2) is 0 Å². The van der Waals surface area contributed by atoms with Crippen LogP contribution in [0.3, 0.4) is 0 Å². The van der Waals surface area contributed by atoms with E-state index in [0.717, 1.165) is 11.3 Å². The van der Waals surface area contributed by atoms with Crippen molar-refractivity contribution >= 4 is 28.9 Å². The topological polar surface area (TPSA) is 35.8 Å². The molecule has 0 amide bonds. The van der Waals surface area contributed by atoms with Gasteiger partial charge >= 0.3 is 0 Å². The number of para-hydroxylation sites is 1. The van der Waals surface area contributed by atoms with Crippen molar-refractivity contribution in [1.29, 1.82) is 5.26 Å². The van der Waals surface area contributed by atoms with Crippen LogP contribution in [0.2, 0.25) is 10.0 Å².